The summed E-state index contributed by atoms with van der Waals surface area (Å²) in [5.41, 5.74) is 9.41. The molecule has 94 valence electrons. The highest BCUT2D eigenvalue weighted by Crippen LogP contribution is 2.26. The van der Waals surface area contributed by atoms with Gasteiger partial charge < -0.3 is 5.73 Å². The predicted octanol–water partition coefficient (Wildman–Crippen LogP) is 2.80. The Bertz CT molecular complexity index is 474. The van der Waals surface area contributed by atoms with Crippen molar-refractivity contribution in [3.05, 3.63) is 71.3 Å². The third kappa shape index (κ3) is 2.78. The second-order valence-corrected chi connectivity index (χ2v) is 4.72. The van der Waals surface area contributed by atoms with Gasteiger partial charge in [0.2, 0.25) is 0 Å². The molecule has 0 aliphatic carbocycles. The number of hydrogen-bond acceptors (Lipinski definition) is 2. The van der Waals surface area contributed by atoms with Gasteiger partial charge in [0.15, 0.2) is 0 Å². The van der Waals surface area contributed by atoms with Gasteiger partial charge in [-0.05, 0) is 30.8 Å². The molecule has 0 saturated carbocycles. The second kappa shape index (κ2) is 5.80. The summed E-state index contributed by atoms with van der Waals surface area (Å²) in [5.74, 6) is 0. The molecule has 0 heterocycles. The molecule has 0 radical (unpaired) electrons. The van der Waals surface area contributed by atoms with Crippen molar-refractivity contribution in [1.29, 1.82) is 0 Å². The standard InChI is InChI=1S/C16H20N2/c1-18(2)16(14-6-4-3-5-7-14)15-10-8-13(12-17)9-11-15/h3-11,16H,12,17H2,1-2H3. The van der Waals surface area contributed by atoms with Crippen LogP contribution in [0.15, 0.2) is 54.6 Å². The largest absolute Gasteiger partial charge is 0.326 e. The Morgan fingerprint density at radius 2 is 1.44 bits per heavy atom. The smallest absolute Gasteiger partial charge is 0.0596 e. The van der Waals surface area contributed by atoms with Gasteiger partial charge in [0.1, 0.15) is 0 Å². The summed E-state index contributed by atoms with van der Waals surface area (Å²) in [7, 11) is 4.21. The molecule has 1 unspecified atom stereocenters. The molecule has 0 aromatic heterocycles. The lowest BCUT2D eigenvalue weighted by Crippen LogP contribution is -2.21. The average molecular weight is 240 g/mol. The van der Waals surface area contributed by atoms with E-state index in [1.807, 2.05) is 6.07 Å². The van der Waals surface area contributed by atoms with Crippen LogP contribution in [0.25, 0.3) is 0 Å². The molecular formula is C16H20N2. The highest BCUT2D eigenvalue weighted by atomic mass is 15.1. The average Bonchev–Trinajstić information content (AvgIpc) is 2.40. The molecule has 2 nitrogen and oxygen atoms in total. The molecule has 2 aromatic rings. The second-order valence-electron chi connectivity index (χ2n) is 4.72. The van der Waals surface area contributed by atoms with Crippen molar-refractivity contribution >= 4 is 0 Å². The van der Waals surface area contributed by atoms with Crippen molar-refractivity contribution in [2.75, 3.05) is 14.1 Å². The maximum atomic E-state index is 5.64. The zero-order chi connectivity index (χ0) is 13.0. The molecule has 0 aliphatic rings. The lowest BCUT2D eigenvalue weighted by atomic mass is 9.97. The van der Waals surface area contributed by atoms with Crippen LogP contribution in [0.1, 0.15) is 22.7 Å². The monoisotopic (exact) mass is 240 g/mol. The van der Waals surface area contributed by atoms with E-state index in [1.165, 1.54) is 16.7 Å². The number of nitrogens with zero attached hydrogens (tertiary/aromatic N) is 1. The van der Waals surface area contributed by atoms with Crippen LogP contribution in [-0.2, 0) is 6.54 Å². The van der Waals surface area contributed by atoms with Gasteiger partial charge in [-0.2, -0.15) is 0 Å². The summed E-state index contributed by atoms with van der Waals surface area (Å²) in [6.07, 6.45) is 0. The van der Waals surface area contributed by atoms with E-state index in [0.29, 0.717) is 6.54 Å². The van der Waals surface area contributed by atoms with Gasteiger partial charge in [0.25, 0.3) is 0 Å². The predicted molar refractivity (Wildman–Crippen MR) is 76.3 cm³/mol. The minimum atomic E-state index is 0.290. The highest BCUT2D eigenvalue weighted by molar-refractivity contribution is 5.33. The first-order valence-electron chi connectivity index (χ1n) is 6.22. The molecule has 0 saturated heterocycles. The Kier molecular flexibility index (Phi) is 4.13. The summed E-state index contributed by atoms with van der Waals surface area (Å²) in [6.45, 7) is 0.595. The third-order valence-electron chi connectivity index (χ3n) is 3.16. The highest BCUT2D eigenvalue weighted by Gasteiger charge is 2.15. The van der Waals surface area contributed by atoms with Crippen LogP contribution in [0.2, 0.25) is 0 Å². The Morgan fingerprint density at radius 3 is 1.94 bits per heavy atom. The number of hydrogen-bond donors (Lipinski definition) is 1. The molecule has 2 heteroatoms. The Balaban J connectivity index is 2.36. The topological polar surface area (TPSA) is 29.3 Å². The Morgan fingerprint density at radius 1 is 0.889 bits per heavy atom. The summed E-state index contributed by atoms with van der Waals surface area (Å²) >= 11 is 0. The van der Waals surface area contributed by atoms with E-state index in [2.05, 4.69) is 67.5 Å². The molecule has 2 aromatic carbocycles. The van der Waals surface area contributed by atoms with Gasteiger partial charge in [-0.25, -0.2) is 0 Å². The van der Waals surface area contributed by atoms with E-state index in [0.717, 1.165) is 0 Å². The molecular weight excluding hydrogens is 220 g/mol. The quantitative estimate of drug-likeness (QED) is 0.890. The molecule has 0 fully saturated rings. The van der Waals surface area contributed by atoms with Gasteiger partial charge in [-0.3, -0.25) is 4.90 Å². The van der Waals surface area contributed by atoms with E-state index in [4.69, 9.17) is 5.73 Å². The van der Waals surface area contributed by atoms with Crippen LogP contribution < -0.4 is 5.73 Å². The number of nitrogens with two attached hydrogens (primary N) is 1. The zero-order valence-corrected chi connectivity index (χ0v) is 11.0. The van der Waals surface area contributed by atoms with Crippen LogP contribution in [-0.4, -0.2) is 19.0 Å². The van der Waals surface area contributed by atoms with Crippen molar-refractivity contribution in [2.24, 2.45) is 5.73 Å². The third-order valence-corrected chi connectivity index (χ3v) is 3.16. The maximum absolute atomic E-state index is 5.64. The van der Waals surface area contributed by atoms with E-state index >= 15 is 0 Å². The normalized spacial score (nSPS) is 12.7. The van der Waals surface area contributed by atoms with E-state index in [9.17, 15) is 0 Å². The van der Waals surface area contributed by atoms with Crippen molar-refractivity contribution in [1.82, 2.24) is 4.90 Å². The van der Waals surface area contributed by atoms with Crippen molar-refractivity contribution in [3.8, 4) is 0 Å². The van der Waals surface area contributed by atoms with Crippen molar-refractivity contribution in [3.63, 3.8) is 0 Å². The van der Waals surface area contributed by atoms with Crippen molar-refractivity contribution < 1.29 is 0 Å². The summed E-state index contributed by atoms with van der Waals surface area (Å²) in [6, 6.07) is 19.4. The van der Waals surface area contributed by atoms with E-state index in [1.54, 1.807) is 0 Å². The van der Waals surface area contributed by atoms with Gasteiger partial charge in [-0.15, -0.1) is 0 Å². The van der Waals surface area contributed by atoms with Crippen LogP contribution >= 0.6 is 0 Å². The van der Waals surface area contributed by atoms with Crippen LogP contribution in [0.5, 0.6) is 0 Å². The first kappa shape index (κ1) is 12.8. The number of benzene rings is 2. The molecule has 2 rings (SSSR count). The first-order valence-corrected chi connectivity index (χ1v) is 6.22. The Hall–Kier alpha value is -1.64. The fraction of sp³-hybridized carbons (Fsp3) is 0.250. The summed E-state index contributed by atoms with van der Waals surface area (Å²) in [4.78, 5) is 2.23. The summed E-state index contributed by atoms with van der Waals surface area (Å²) < 4.78 is 0. The molecule has 0 bridgehead atoms. The molecule has 0 amide bonds. The van der Waals surface area contributed by atoms with Crippen molar-refractivity contribution in [2.45, 2.75) is 12.6 Å². The minimum Gasteiger partial charge on any atom is -0.326 e. The SMILES string of the molecule is CN(C)C(c1ccccc1)c1ccc(CN)cc1. The first-order chi connectivity index (χ1) is 8.72. The summed E-state index contributed by atoms with van der Waals surface area (Å²) in [5, 5.41) is 0. The van der Waals surface area contributed by atoms with Gasteiger partial charge >= 0.3 is 0 Å². The molecule has 0 aliphatic heterocycles. The Labute approximate surface area is 109 Å². The molecule has 18 heavy (non-hydrogen) atoms. The number of rotatable bonds is 4. The zero-order valence-electron chi connectivity index (χ0n) is 11.0. The fourth-order valence-electron chi connectivity index (χ4n) is 2.26. The van der Waals surface area contributed by atoms with Crippen LogP contribution in [0, 0.1) is 0 Å². The van der Waals surface area contributed by atoms with Crippen LogP contribution in [0.4, 0.5) is 0 Å². The lowest BCUT2D eigenvalue weighted by molar-refractivity contribution is 0.342. The molecule has 0 spiro atoms. The molecule has 1 atom stereocenters. The molecule has 2 N–H and O–H groups in total. The van der Waals surface area contributed by atoms with E-state index in [-0.39, 0.29) is 6.04 Å². The lowest BCUT2D eigenvalue weighted by Gasteiger charge is -2.25. The van der Waals surface area contributed by atoms with Gasteiger partial charge in [-0.1, -0.05) is 54.6 Å². The maximum Gasteiger partial charge on any atom is 0.0596 e. The van der Waals surface area contributed by atoms with Crippen LogP contribution in [0.3, 0.4) is 0 Å². The fourth-order valence-corrected chi connectivity index (χ4v) is 2.26. The van der Waals surface area contributed by atoms with Gasteiger partial charge in [0.05, 0.1) is 6.04 Å². The minimum absolute atomic E-state index is 0.290. The van der Waals surface area contributed by atoms with Gasteiger partial charge in [0, 0.05) is 6.54 Å². The van der Waals surface area contributed by atoms with E-state index < -0.39 is 0 Å².